The van der Waals surface area contributed by atoms with Crippen molar-refractivity contribution in [1.82, 2.24) is 10.3 Å². The van der Waals surface area contributed by atoms with Gasteiger partial charge in [0.15, 0.2) is 0 Å². The van der Waals surface area contributed by atoms with Gasteiger partial charge in [-0.2, -0.15) is 0 Å². The normalized spacial score (nSPS) is 12.5. The zero-order chi connectivity index (χ0) is 17.1. The number of carbonyl (C=O) groups is 1. The molecule has 26 heavy (non-hydrogen) atoms. The molecule has 0 saturated carbocycles. The number of carbonyl (C=O) groups excluding carboxylic acids is 1. The van der Waals surface area contributed by atoms with Gasteiger partial charge in [0, 0.05) is 18.8 Å². The lowest BCUT2D eigenvalue weighted by Gasteiger charge is -2.19. The maximum absolute atomic E-state index is 14.7. The molecule has 2 heterocycles. The molecule has 5 nitrogen and oxygen atoms in total. The molecule has 2 aromatic rings. The number of nitrogens with zero attached hydrogens (tertiary/aromatic N) is 1. The van der Waals surface area contributed by atoms with E-state index < -0.39 is 0 Å². The number of aromatic nitrogens is 1. The second-order valence-electron chi connectivity index (χ2n) is 6.14. The van der Waals surface area contributed by atoms with Crippen LogP contribution in [0, 0.1) is 5.82 Å². The zero-order valence-electron chi connectivity index (χ0n) is 14.6. The van der Waals surface area contributed by atoms with Crippen LogP contribution in [0.1, 0.15) is 35.3 Å². The van der Waals surface area contributed by atoms with Gasteiger partial charge in [0.2, 0.25) is 0 Å². The Labute approximate surface area is 165 Å². The fourth-order valence-electron chi connectivity index (χ4n) is 2.80. The predicted molar refractivity (Wildman–Crippen MR) is 107 cm³/mol. The molecule has 0 spiro atoms. The van der Waals surface area contributed by atoms with E-state index in [1.165, 1.54) is 0 Å². The highest BCUT2D eigenvalue weighted by atomic mass is 35.5. The Bertz CT molecular complexity index is 771. The van der Waals surface area contributed by atoms with Crippen molar-refractivity contribution < 1.29 is 9.18 Å². The summed E-state index contributed by atoms with van der Waals surface area (Å²) in [5.41, 5.74) is 2.23. The minimum atomic E-state index is -0.376. The molecule has 0 unspecified atom stereocenters. The van der Waals surface area contributed by atoms with Gasteiger partial charge in [0.05, 0.1) is 11.3 Å². The molecule has 0 aliphatic carbocycles. The van der Waals surface area contributed by atoms with E-state index in [4.69, 9.17) is 0 Å². The lowest BCUT2D eigenvalue weighted by atomic mass is 9.99. The van der Waals surface area contributed by atoms with Crippen LogP contribution < -0.4 is 16.0 Å². The van der Waals surface area contributed by atoms with Crippen LogP contribution >= 0.6 is 24.8 Å². The van der Waals surface area contributed by atoms with Crippen LogP contribution in [0.25, 0.3) is 0 Å². The second kappa shape index (κ2) is 9.71. The van der Waals surface area contributed by atoms with E-state index in [9.17, 15) is 9.18 Å². The molecule has 0 saturated heterocycles. The minimum absolute atomic E-state index is 0. The van der Waals surface area contributed by atoms with Crippen molar-refractivity contribution in [3.05, 3.63) is 53.0 Å². The summed E-state index contributed by atoms with van der Waals surface area (Å²) in [4.78, 5) is 16.8. The Kier molecular flexibility index (Phi) is 8.27. The Hall–Kier alpha value is -1.89. The van der Waals surface area contributed by atoms with Crippen LogP contribution in [-0.2, 0) is 13.0 Å². The largest absolute Gasteiger partial charge is 0.367 e. The number of fused-ring (bicyclic) bond motifs is 1. The van der Waals surface area contributed by atoms with Crippen LogP contribution in [0.2, 0.25) is 0 Å². The van der Waals surface area contributed by atoms with E-state index in [-0.39, 0.29) is 48.3 Å². The van der Waals surface area contributed by atoms with Crippen molar-refractivity contribution in [2.24, 2.45) is 0 Å². The van der Waals surface area contributed by atoms with E-state index in [1.807, 2.05) is 19.9 Å². The average Bonchev–Trinajstić information content (AvgIpc) is 2.57. The third-order valence-electron chi connectivity index (χ3n) is 3.93. The molecule has 8 heteroatoms. The summed E-state index contributed by atoms with van der Waals surface area (Å²) in [6, 6.07) is 6.98. The van der Waals surface area contributed by atoms with Crippen LogP contribution in [-0.4, -0.2) is 23.5 Å². The van der Waals surface area contributed by atoms with Gasteiger partial charge in [0.1, 0.15) is 11.6 Å². The Morgan fingerprint density at radius 2 is 2.04 bits per heavy atom. The number of benzene rings is 1. The molecule has 3 N–H and O–H groups in total. The van der Waals surface area contributed by atoms with E-state index in [2.05, 4.69) is 20.9 Å². The van der Waals surface area contributed by atoms with Crippen molar-refractivity contribution in [1.29, 1.82) is 0 Å². The van der Waals surface area contributed by atoms with E-state index in [0.29, 0.717) is 29.9 Å². The molecule has 0 bridgehead atoms. The van der Waals surface area contributed by atoms with Crippen LogP contribution in [0.15, 0.2) is 30.5 Å². The Morgan fingerprint density at radius 3 is 2.77 bits per heavy atom. The topological polar surface area (TPSA) is 66.0 Å². The summed E-state index contributed by atoms with van der Waals surface area (Å²) < 4.78 is 14.7. The summed E-state index contributed by atoms with van der Waals surface area (Å²) in [7, 11) is 0. The van der Waals surface area contributed by atoms with Gasteiger partial charge in [-0.1, -0.05) is 6.07 Å². The lowest BCUT2D eigenvalue weighted by Crippen LogP contribution is -2.25. The maximum atomic E-state index is 14.7. The fourth-order valence-corrected chi connectivity index (χ4v) is 2.80. The number of hydrogen-bond acceptors (Lipinski definition) is 4. The molecule has 1 aliphatic rings. The van der Waals surface area contributed by atoms with Crippen molar-refractivity contribution in [2.45, 2.75) is 32.9 Å². The van der Waals surface area contributed by atoms with Crippen LogP contribution in [0.3, 0.4) is 0 Å². The number of halogens is 3. The molecular formula is C18H23Cl2FN4O. The highest BCUT2D eigenvalue weighted by Crippen LogP contribution is 2.25. The van der Waals surface area contributed by atoms with E-state index >= 15 is 0 Å². The number of anilines is 2. The molecular weight excluding hydrogens is 378 g/mol. The SMILES string of the molecule is CC(C)Nc1ncccc1C(=O)Nc1ccc2c(c1F)CCNC2.Cl.Cl. The molecule has 0 atom stereocenters. The second-order valence-corrected chi connectivity index (χ2v) is 6.14. The quantitative estimate of drug-likeness (QED) is 0.730. The summed E-state index contributed by atoms with van der Waals surface area (Å²) in [6.45, 7) is 5.33. The summed E-state index contributed by atoms with van der Waals surface area (Å²) >= 11 is 0. The van der Waals surface area contributed by atoms with E-state index in [1.54, 1.807) is 24.4 Å². The molecule has 1 aliphatic heterocycles. The smallest absolute Gasteiger partial charge is 0.259 e. The number of nitrogens with one attached hydrogen (secondary N) is 3. The molecule has 1 aromatic carbocycles. The Balaban J connectivity index is 0.00000169. The first kappa shape index (κ1) is 22.2. The summed E-state index contributed by atoms with van der Waals surface area (Å²) in [5.74, 6) is -0.226. The van der Waals surface area contributed by atoms with Crippen LogP contribution in [0.4, 0.5) is 15.9 Å². The number of rotatable bonds is 4. The molecule has 1 amide bonds. The molecule has 1 aromatic heterocycles. The highest BCUT2D eigenvalue weighted by molar-refractivity contribution is 6.07. The van der Waals surface area contributed by atoms with Gasteiger partial charge in [-0.3, -0.25) is 4.79 Å². The first-order chi connectivity index (χ1) is 11.6. The van der Waals surface area contributed by atoms with Crippen molar-refractivity contribution in [2.75, 3.05) is 17.2 Å². The first-order valence-electron chi connectivity index (χ1n) is 8.10. The van der Waals surface area contributed by atoms with Crippen molar-refractivity contribution in [3.8, 4) is 0 Å². The van der Waals surface area contributed by atoms with Gasteiger partial charge in [0.25, 0.3) is 5.91 Å². The maximum Gasteiger partial charge on any atom is 0.259 e. The minimum Gasteiger partial charge on any atom is -0.367 e. The number of pyridine rings is 1. The standard InChI is InChI=1S/C18H21FN4O.2ClH/c1-11(2)22-17-14(4-3-8-21-17)18(24)23-15-6-5-12-10-20-9-7-13(12)16(15)19;;/h3-6,8,11,20H,7,9-10H2,1-2H3,(H,21,22)(H,23,24);2*1H. The van der Waals surface area contributed by atoms with Crippen molar-refractivity contribution >= 4 is 42.2 Å². The third kappa shape index (κ3) is 4.84. The number of amides is 1. The molecule has 0 fully saturated rings. The van der Waals surface area contributed by atoms with Gasteiger partial charge < -0.3 is 16.0 Å². The third-order valence-corrected chi connectivity index (χ3v) is 3.93. The van der Waals surface area contributed by atoms with Gasteiger partial charge in [-0.15, -0.1) is 24.8 Å². The molecule has 142 valence electrons. The summed E-state index contributed by atoms with van der Waals surface area (Å²) in [5, 5.41) is 9.02. The van der Waals surface area contributed by atoms with E-state index in [0.717, 1.165) is 12.1 Å². The molecule has 3 rings (SSSR count). The van der Waals surface area contributed by atoms with Gasteiger partial charge >= 0.3 is 0 Å². The first-order valence-corrected chi connectivity index (χ1v) is 8.10. The van der Waals surface area contributed by atoms with Gasteiger partial charge in [-0.25, -0.2) is 9.37 Å². The number of hydrogen-bond donors (Lipinski definition) is 3. The van der Waals surface area contributed by atoms with Crippen LogP contribution in [0.5, 0.6) is 0 Å². The Morgan fingerprint density at radius 1 is 1.27 bits per heavy atom. The monoisotopic (exact) mass is 400 g/mol. The lowest BCUT2D eigenvalue weighted by molar-refractivity contribution is 0.102. The van der Waals surface area contributed by atoms with Crippen molar-refractivity contribution in [3.63, 3.8) is 0 Å². The zero-order valence-corrected chi connectivity index (χ0v) is 16.3. The highest BCUT2D eigenvalue weighted by Gasteiger charge is 2.19. The van der Waals surface area contributed by atoms with Gasteiger partial charge in [-0.05, 0) is 56.1 Å². The summed E-state index contributed by atoms with van der Waals surface area (Å²) in [6.07, 6.45) is 2.24. The fraction of sp³-hybridized carbons (Fsp3) is 0.333. The predicted octanol–water partition coefficient (Wildman–Crippen LogP) is 3.78. The average molecular weight is 401 g/mol. The molecule has 0 radical (unpaired) electrons.